The number of amides is 1. The monoisotopic (exact) mass is 275 g/mol. The Morgan fingerprint density at radius 2 is 2.05 bits per heavy atom. The molecule has 1 saturated carbocycles. The van der Waals surface area contributed by atoms with Gasteiger partial charge in [-0.2, -0.15) is 0 Å². The minimum absolute atomic E-state index is 0.0184. The first-order valence-corrected chi connectivity index (χ1v) is 7.09. The Kier molecular flexibility index (Phi) is 2.63. The molecule has 1 aliphatic carbocycles. The van der Waals surface area contributed by atoms with Gasteiger partial charge in [0, 0.05) is 24.6 Å². The molecule has 1 aromatic rings. The van der Waals surface area contributed by atoms with E-state index in [0.717, 1.165) is 19.4 Å². The molecule has 0 radical (unpaired) electrons. The lowest BCUT2D eigenvalue weighted by molar-refractivity contribution is 0.0752. The molecule has 1 saturated heterocycles. The highest BCUT2D eigenvalue weighted by molar-refractivity contribution is 5.95. The fourth-order valence-corrected chi connectivity index (χ4v) is 3.61. The molecule has 20 heavy (non-hydrogen) atoms. The van der Waals surface area contributed by atoms with Gasteiger partial charge >= 0.3 is 0 Å². The Balaban J connectivity index is 1.53. The summed E-state index contributed by atoms with van der Waals surface area (Å²) in [7, 11) is 0. The zero-order valence-electron chi connectivity index (χ0n) is 11.1. The van der Waals surface area contributed by atoms with E-state index in [1.54, 1.807) is 18.2 Å². The first-order chi connectivity index (χ1) is 9.72. The number of carbonyl (C=O) groups is 1. The lowest BCUT2D eigenvalue weighted by atomic mass is 10.00. The molecule has 1 aromatic carbocycles. The van der Waals surface area contributed by atoms with Crippen molar-refractivity contribution in [2.45, 2.75) is 18.9 Å². The van der Waals surface area contributed by atoms with Crippen molar-refractivity contribution in [2.24, 2.45) is 11.8 Å². The van der Waals surface area contributed by atoms with Gasteiger partial charge < -0.3 is 19.5 Å². The van der Waals surface area contributed by atoms with Crippen LogP contribution in [0.25, 0.3) is 0 Å². The van der Waals surface area contributed by atoms with E-state index in [1.807, 2.05) is 4.90 Å². The van der Waals surface area contributed by atoms with Gasteiger partial charge in [0.05, 0.1) is 6.10 Å². The molecule has 0 aromatic heterocycles. The van der Waals surface area contributed by atoms with Crippen molar-refractivity contribution in [1.29, 1.82) is 0 Å². The standard InChI is InChI=1S/C15H17NO4/c17-12-3-1-10-6-16(7-11(10)12)15(18)9-2-4-13-14(5-9)20-8-19-13/h2,4-5,10-12,17H,1,3,6-8H2. The van der Waals surface area contributed by atoms with Gasteiger partial charge in [-0.15, -0.1) is 0 Å². The summed E-state index contributed by atoms with van der Waals surface area (Å²) in [5.41, 5.74) is 0.628. The van der Waals surface area contributed by atoms with Crippen LogP contribution in [0.3, 0.4) is 0 Å². The maximum absolute atomic E-state index is 12.5. The number of aliphatic hydroxyl groups is 1. The molecule has 3 unspecified atom stereocenters. The van der Waals surface area contributed by atoms with Gasteiger partial charge in [0.15, 0.2) is 11.5 Å². The van der Waals surface area contributed by atoms with E-state index in [-0.39, 0.29) is 24.7 Å². The normalized spacial score (nSPS) is 30.6. The maximum Gasteiger partial charge on any atom is 0.254 e. The van der Waals surface area contributed by atoms with Crippen molar-refractivity contribution in [3.05, 3.63) is 23.8 Å². The van der Waals surface area contributed by atoms with Gasteiger partial charge in [0.1, 0.15) is 0 Å². The van der Waals surface area contributed by atoms with Gasteiger partial charge in [0.25, 0.3) is 5.91 Å². The Labute approximate surface area is 117 Å². The summed E-state index contributed by atoms with van der Waals surface area (Å²) in [5, 5.41) is 9.92. The molecule has 1 N–H and O–H groups in total. The fraction of sp³-hybridized carbons (Fsp3) is 0.533. The second-order valence-electron chi connectivity index (χ2n) is 5.85. The number of rotatable bonds is 1. The van der Waals surface area contributed by atoms with Crippen LogP contribution in [-0.2, 0) is 0 Å². The fourth-order valence-electron chi connectivity index (χ4n) is 3.61. The van der Waals surface area contributed by atoms with Crippen LogP contribution in [0.1, 0.15) is 23.2 Å². The van der Waals surface area contributed by atoms with Crippen LogP contribution in [0.4, 0.5) is 0 Å². The molecule has 5 nitrogen and oxygen atoms in total. The molecule has 4 rings (SSSR count). The summed E-state index contributed by atoms with van der Waals surface area (Å²) in [6.07, 6.45) is 1.66. The van der Waals surface area contributed by atoms with Crippen molar-refractivity contribution in [2.75, 3.05) is 19.9 Å². The molecule has 3 atom stereocenters. The van der Waals surface area contributed by atoms with Crippen LogP contribution < -0.4 is 9.47 Å². The van der Waals surface area contributed by atoms with E-state index in [2.05, 4.69) is 0 Å². The number of benzene rings is 1. The van der Waals surface area contributed by atoms with Gasteiger partial charge in [-0.1, -0.05) is 0 Å². The van der Waals surface area contributed by atoms with E-state index < -0.39 is 0 Å². The van der Waals surface area contributed by atoms with Crippen LogP contribution in [0.5, 0.6) is 11.5 Å². The van der Waals surface area contributed by atoms with Gasteiger partial charge in [-0.05, 0) is 37.0 Å². The minimum Gasteiger partial charge on any atom is -0.454 e. The largest absolute Gasteiger partial charge is 0.454 e. The van der Waals surface area contributed by atoms with E-state index in [4.69, 9.17) is 9.47 Å². The molecule has 0 spiro atoms. The van der Waals surface area contributed by atoms with Gasteiger partial charge in [-0.25, -0.2) is 0 Å². The molecular formula is C15H17NO4. The molecule has 1 amide bonds. The number of fused-ring (bicyclic) bond motifs is 2. The third-order valence-corrected chi connectivity index (χ3v) is 4.73. The lowest BCUT2D eigenvalue weighted by Crippen LogP contribution is -2.31. The van der Waals surface area contributed by atoms with E-state index in [1.165, 1.54) is 0 Å². The molecular weight excluding hydrogens is 258 g/mol. The van der Waals surface area contributed by atoms with Crippen molar-refractivity contribution in [3.63, 3.8) is 0 Å². The highest BCUT2D eigenvalue weighted by atomic mass is 16.7. The summed E-state index contributed by atoms with van der Waals surface area (Å²) in [6.45, 7) is 1.64. The Hall–Kier alpha value is -1.75. The molecule has 3 aliphatic rings. The molecule has 2 fully saturated rings. The predicted molar refractivity (Wildman–Crippen MR) is 70.7 cm³/mol. The van der Waals surface area contributed by atoms with Crippen molar-refractivity contribution in [1.82, 2.24) is 4.90 Å². The number of hydrogen-bond donors (Lipinski definition) is 1. The summed E-state index contributed by atoms with van der Waals surface area (Å²) >= 11 is 0. The van der Waals surface area contributed by atoms with Crippen molar-refractivity contribution >= 4 is 5.91 Å². The number of nitrogens with zero attached hydrogens (tertiary/aromatic N) is 1. The highest BCUT2D eigenvalue weighted by Crippen LogP contribution is 2.39. The van der Waals surface area contributed by atoms with E-state index in [0.29, 0.717) is 29.5 Å². The van der Waals surface area contributed by atoms with E-state index in [9.17, 15) is 9.90 Å². The molecule has 106 valence electrons. The summed E-state index contributed by atoms with van der Waals surface area (Å²) in [4.78, 5) is 14.4. The zero-order valence-corrected chi connectivity index (χ0v) is 11.1. The summed E-state index contributed by atoms with van der Waals surface area (Å²) in [6, 6.07) is 5.30. The second-order valence-corrected chi connectivity index (χ2v) is 5.85. The number of ether oxygens (including phenoxy) is 2. The SMILES string of the molecule is O=C(c1ccc2c(c1)OCO2)N1CC2CCC(O)C2C1. The van der Waals surface area contributed by atoms with Crippen molar-refractivity contribution < 1.29 is 19.4 Å². The van der Waals surface area contributed by atoms with Crippen molar-refractivity contribution in [3.8, 4) is 11.5 Å². The third-order valence-electron chi connectivity index (χ3n) is 4.73. The first kappa shape index (κ1) is 12.0. The van der Waals surface area contributed by atoms with Gasteiger partial charge in [0.2, 0.25) is 6.79 Å². The van der Waals surface area contributed by atoms with Gasteiger partial charge in [-0.3, -0.25) is 4.79 Å². The topological polar surface area (TPSA) is 59.0 Å². The Morgan fingerprint density at radius 1 is 1.20 bits per heavy atom. The Bertz CT molecular complexity index is 559. The van der Waals surface area contributed by atoms with Crippen LogP contribution in [-0.4, -0.2) is 41.9 Å². The maximum atomic E-state index is 12.5. The number of likely N-dealkylation sites (tertiary alicyclic amines) is 1. The molecule has 2 heterocycles. The van der Waals surface area contributed by atoms with Crippen LogP contribution in [0.15, 0.2) is 18.2 Å². The third kappa shape index (κ3) is 1.77. The predicted octanol–water partition coefficient (Wildman–Crippen LogP) is 1.26. The Morgan fingerprint density at radius 3 is 2.90 bits per heavy atom. The average molecular weight is 275 g/mol. The van der Waals surface area contributed by atoms with Crippen LogP contribution in [0.2, 0.25) is 0 Å². The zero-order chi connectivity index (χ0) is 13.7. The summed E-state index contributed by atoms with van der Waals surface area (Å²) < 4.78 is 10.6. The quantitative estimate of drug-likeness (QED) is 0.838. The number of hydrogen-bond acceptors (Lipinski definition) is 4. The molecule has 0 bridgehead atoms. The van der Waals surface area contributed by atoms with Crippen LogP contribution in [0, 0.1) is 11.8 Å². The molecule has 2 aliphatic heterocycles. The number of carbonyl (C=O) groups excluding carboxylic acids is 1. The van der Waals surface area contributed by atoms with E-state index >= 15 is 0 Å². The highest BCUT2D eigenvalue weighted by Gasteiger charge is 2.43. The second kappa shape index (κ2) is 4.38. The lowest BCUT2D eigenvalue weighted by Gasteiger charge is -2.18. The average Bonchev–Trinajstić information content (AvgIpc) is 3.14. The summed E-state index contributed by atoms with van der Waals surface area (Å²) in [5.74, 6) is 2.06. The number of aliphatic hydroxyl groups excluding tert-OH is 1. The van der Waals surface area contributed by atoms with Crippen LogP contribution >= 0.6 is 0 Å². The smallest absolute Gasteiger partial charge is 0.254 e. The minimum atomic E-state index is -0.241. The molecule has 5 heteroatoms. The first-order valence-electron chi connectivity index (χ1n) is 7.09.